The van der Waals surface area contributed by atoms with E-state index in [-0.39, 0.29) is 52.1 Å². The number of amides is 2. The molecule has 1 unspecified atom stereocenters. The summed E-state index contributed by atoms with van der Waals surface area (Å²) in [6.45, 7) is 1.44. The molecule has 1 aromatic carbocycles. The van der Waals surface area contributed by atoms with Gasteiger partial charge in [0.2, 0.25) is 0 Å². The number of likely N-dealkylation sites (N-methyl/N-ethyl adjacent to an activating group) is 1. The Morgan fingerprint density at radius 2 is 1.91 bits per heavy atom. The van der Waals surface area contributed by atoms with E-state index in [1.54, 1.807) is 12.1 Å². The number of primary amides is 1. The number of hydrogen-bond acceptors (Lipinski definition) is 7. The first-order chi connectivity index (χ1) is 16.1. The normalized spacial score (nSPS) is 11.8. The fraction of sp³-hybridized carbons (Fsp3) is 0.261. The maximum atomic E-state index is 14.8. The van der Waals surface area contributed by atoms with Crippen LogP contribution in [0.1, 0.15) is 33.3 Å². The fourth-order valence-electron chi connectivity index (χ4n) is 3.30. The largest absolute Gasteiger partial charge is 0.395 e. The van der Waals surface area contributed by atoms with Crippen LogP contribution < -0.4 is 11.1 Å². The van der Waals surface area contributed by atoms with Gasteiger partial charge >= 0.3 is 0 Å². The first-order valence-corrected chi connectivity index (χ1v) is 11.1. The van der Waals surface area contributed by atoms with Crippen LogP contribution >= 0.6 is 11.3 Å². The summed E-state index contributed by atoms with van der Waals surface area (Å²) in [7, 11) is 1.52. The maximum absolute atomic E-state index is 14.8. The Kier molecular flexibility index (Phi) is 7.92. The van der Waals surface area contributed by atoms with Crippen molar-refractivity contribution in [3.8, 4) is 10.4 Å². The molecule has 2 aromatic heterocycles. The third kappa shape index (κ3) is 5.74. The van der Waals surface area contributed by atoms with Gasteiger partial charge in [0.25, 0.3) is 11.8 Å². The van der Waals surface area contributed by atoms with Crippen molar-refractivity contribution in [2.45, 2.75) is 19.4 Å². The summed E-state index contributed by atoms with van der Waals surface area (Å²) in [5.41, 5.74) is 5.56. The van der Waals surface area contributed by atoms with E-state index in [1.807, 2.05) is 0 Å². The minimum atomic E-state index is -0.836. The van der Waals surface area contributed by atoms with Gasteiger partial charge < -0.3 is 26.2 Å². The molecule has 34 heavy (non-hydrogen) atoms. The lowest BCUT2D eigenvalue weighted by Gasteiger charge is -2.15. The number of pyridine rings is 1. The highest BCUT2D eigenvalue weighted by molar-refractivity contribution is 7.20. The molecule has 0 radical (unpaired) electrons. The van der Waals surface area contributed by atoms with Crippen LogP contribution in [0.2, 0.25) is 0 Å². The number of benzene rings is 1. The minimum absolute atomic E-state index is 0.00258. The number of hydrogen-bond donors (Lipinski definition) is 4. The van der Waals surface area contributed by atoms with Crippen LogP contribution in [-0.2, 0) is 6.42 Å². The van der Waals surface area contributed by atoms with Gasteiger partial charge in [-0.15, -0.1) is 11.3 Å². The molecule has 3 rings (SSSR count). The van der Waals surface area contributed by atoms with E-state index in [0.29, 0.717) is 5.56 Å². The fourth-order valence-corrected chi connectivity index (χ4v) is 4.42. The second-order valence-electron chi connectivity index (χ2n) is 7.69. The smallest absolute Gasteiger partial charge is 0.272 e. The van der Waals surface area contributed by atoms with Crippen LogP contribution in [0.3, 0.4) is 0 Å². The Labute approximate surface area is 198 Å². The quantitative estimate of drug-likeness (QED) is 0.365. The van der Waals surface area contributed by atoms with Crippen molar-refractivity contribution in [3.63, 3.8) is 0 Å². The van der Waals surface area contributed by atoms with Crippen LogP contribution in [0.4, 0.5) is 19.6 Å². The van der Waals surface area contributed by atoms with Crippen molar-refractivity contribution in [2.24, 2.45) is 5.73 Å². The highest BCUT2D eigenvalue weighted by atomic mass is 32.1. The summed E-state index contributed by atoms with van der Waals surface area (Å²) in [5, 5.41) is 21.6. The number of carbonyl (C=O) groups excluding carboxylic acids is 2. The third-order valence-corrected chi connectivity index (χ3v) is 5.94. The summed E-state index contributed by atoms with van der Waals surface area (Å²) < 4.78 is 29.5. The number of rotatable bonds is 9. The zero-order valence-corrected chi connectivity index (χ0v) is 19.3. The number of carbonyl (C=O) groups is 2. The average molecular weight is 491 g/mol. The lowest BCUT2D eigenvalue weighted by atomic mass is 10.0. The molecule has 0 saturated heterocycles. The van der Waals surface area contributed by atoms with Crippen molar-refractivity contribution >= 4 is 34.0 Å². The molecule has 5 N–H and O–H groups in total. The number of aliphatic hydroxyl groups is 2. The lowest BCUT2D eigenvalue weighted by Crippen LogP contribution is -2.30. The van der Waals surface area contributed by atoms with Gasteiger partial charge in [0.1, 0.15) is 28.1 Å². The van der Waals surface area contributed by atoms with Crippen molar-refractivity contribution in [2.75, 3.05) is 25.5 Å². The molecule has 0 aliphatic carbocycles. The van der Waals surface area contributed by atoms with Gasteiger partial charge in [-0.2, -0.15) is 0 Å². The van der Waals surface area contributed by atoms with Crippen LogP contribution in [-0.4, -0.2) is 58.2 Å². The van der Waals surface area contributed by atoms with Gasteiger partial charge in [-0.25, -0.2) is 13.8 Å². The number of nitrogens with zero attached hydrogens (tertiary/aromatic N) is 2. The molecule has 0 saturated carbocycles. The van der Waals surface area contributed by atoms with Crippen molar-refractivity contribution in [1.29, 1.82) is 0 Å². The third-order valence-electron chi connectivity index (χ3n) is 4.87. The summed E-state index contributed by atoms with van der Waals surface area (Å²) in [6, 6.07) is 8.20. The van der Waals surface area contributed by atoms with E-state index in [2.05, 4.69) is 10.3 Å². The van der Waals surface area contributed by atoms with E-state index in [1.165, 1.54) is 31.0 Å². The van der Waals surface area contributed by atoms with Crippen molar-refractivity contribution in [1.82, 2.24) is 9.88 Å². The number of anilines is 2. The van der Waals surface area contributed by atoms with Crippen molar-refractivity contribution < 1.29 is 28.6 Å². The number of aliphatic hydroxyl groups excluding tert-OH is 2. The Hall–Kier alpha value is -3.41. The van der Waals surface area contributed by atoms with Crippen LogP contribution in [0, 0.1) is 11.6 Å². The van der Waals surface area contributed by atoms with E-state index < -0.39 is 29.6 Å². The van der Waals surface area contributed by atoms with E-state index in [0.717, 1.165) is 23.5 Å². The Morgan fingerprint density at radius 1 is 1.24 bits per heavy atom. The maximum Gasteiger partial charge on any atom is 0.272 e. The molecule has 0 aliphatic heterocycles. The highest BCUT2D eigenvalue weighted by Crippen LogP contribution is 2.39. The van der Waals surface area contributed by atoms with Gasteiger partial charge in [0.05, 0.1) is 23.8 Å². The molecule has 180 valence electrons. The Bertz CT molecular complexity index is 1190. The van der Waals surface area contributed by atoms with Crippen LogP contribution in [0.5, 0.6) is 0 Å². The molecule has 1 atom stereocenters. The molecule has 2 heterocycles. The van der Waals surface area contributed by atoms with E-state index >= 15 is 0 Å². The summed E-state index contributed by atoms with van der Waals surface area (Å²) >= 11 is 0.903. The Balaban J connectivity index is 1.96. The molecule has 0 spiro atoms. The van der Waals surface area contributed by atoms with Gasteiger partial charge in [0.15, 0.2) is 0 Å². The molecule has 0 aliphatic rings. The second-order valence-corrected chi connectivity index (χ2v) is 8.74. The topological polar surface area (TPSA) is 129 Å². The number of halogens is 2. The van der Waals surface area contributed by atoms with Crippen molar-refractivity contribution in [3.05, 3.63) is 64.9 Å². The second kappa shape index (κ2) is 10.7. The standard InChI is InChI=1S/C23H24F2N4O4S/c1-12(31)8-13-9-15(24)20(16(25)10-13)18-11-14(21(26)32)22(34-18)28-19-5-3-4-17(27-19)23(33)29(2)6-7-30/h3-5,9-12,30-31H,6-8H2,1-2H3,(H2,26,32)(H,27,28). The monoisotopic (exact) mass is 490 g/mol. The molecule has 11 heteroatoms. The molecule has 8 nitrogen and oxygen atoms in total. The molecule has 3 aromatic rings. The SMILES string of the molecule is CC(O)Cc1cc(F)c(-c2cc(C(N)=O)c(Nc3cccc(C(=O)N(C)CCO)n3)s2)c(F)c1. The highest BCUT2D eigenvalue weighted by Gasteiger charge is 2.21. The minimum Gasteiger partial charge on any atom is -0.395 e. The van der Waals surface area contributed by atoms with Gasteiger partial charge in [-0.3, -0.25) is 9.59 Å². The first-order valence-electron chi connectivity index (χ1n) is 10.3. The first kappa shape index (κ1) is 25.2. The predicted octanol–water partition coefficient (Wildman–Crippen LogP) is 2.92. The molecule has 0 bridgehead atoms. The Morgan fingerprint density at radius 3 is 2.50 bits per heavy atom. The molecule has 0 fully saturated rings. The molecule has 2 amide bonds. The van der Waals surface area contributed by atoms with Gasteiger partial charge in [0, 0.05) is 18.5 Å². The summed E-state index contributed by atoms with van der Waals surface area (Å²) in [6.07, 6.45) is -0.672. The van der Waals surface area contributed by atoms with Gasteiger partial charge in [-0.05, 0) is 49.2 Å². The van der Waals surface area contributed by atoms with E-state index in [4.69, 9.17) is 10.8 Å². The predicted molar refractivity (Wildman–Crippen MR) is 125 cm³/mol. The van der Waals surface area contributed by atoms with Gasteiger partial charge in [-0.1, -0.05) is 6.07 Å². The number of nitrogens with one attached hydrogen (secondary N) is 1. The van der Waals surface area contributed by atoms with E-state index in [9.17, 15) is 23.5 Å². The van der Waals surface area contributed by atoms with Crippen LogP contribution in [0.15, 0.2) is 36.4 Å². The molecular weight excluding hydrogens is 466 g/mol. The number of nitrogens with two attached hydrogens (primary N) is 1. The zero-order valence-electron chi connectivity index (χ0n) is 18.5. The summed E-state index contributed by atoms with van der Waals surface area (Å²) in [4.78, 5) is 30.1. The lowest BCUT2D eigenvalue weighted by molar-refractivity contribution is 0.0761. The number of thiophene rings is 1. The zero-order chi connectivity index (χ0) is 25.0. The van der Waals surface area contributed by atoms with Crippen LogP contribution in [0.25, 0.3) is 10.4 Å². The number of aromatic nitrogens is 1. The molecular formula is C23H24F2N4O4S. The average Bonchev–Trinajstić information content (AvgIpc) is 3.16. The summed E-state index contributed by atoms with van der Waals surface area (Å²) in [5.74, 6) is -2.69.